The zero-order chi connectivity index (χ0) is 14.8. The molecule has 2 amide bonds. The van der Waals surface area contributed by atoms with Crippen molar-refractivity contribution in [3.8, 4) is 0 Å². The molecular formula is C12H18N2O6. The van der Waals surface area contributed by atoms with Crippen LogP contribution in [0.4, 0.5) is 4.79 Å². The summed E-state index contributed by atoms with van der Waals surface area (Å²) in [4.78, 5) is 36.1. The van der Waals surface area contributed by atoms with Gasteiger partial charge in [-0.1, -0.05) is 0 Å². The highest BCUT2D eigenvalue weighted by Gasteiger charge is 2.46. The molecule has 8 nitrogen and oxygen atoms in total. The molecule has 0 radical (unpaired) electrons. The SMILES string of the molecule is COC(=O)C1CN(C(=O)NC2(C(=O)O)CCC2)CCO1. The maximum atomic E-state index is 12.1. The fraction of sp³-hybridized carbons (Fsp3) is 0.750. The number of morpholine rings is 1. The summed E-state index contributed by atoms with van der Waals surface area (Å²) in [7, 11) is 1.25. The molecule has 1 saturated heterocycles. The number of urea groups is 1. The van der Waals surface area contributed by atoms with Crippen LogP contribution in [0.3, 0.4) is 0 Å². The molecule has 2 fully saturated rings. The molecule has 8 heteroatoms. The summed E-state index contributed by atoms with van der Waals surface area (Å²) in [5, 5.41) is 11.7. The molecule has 112 valence electrons. The fourth-order valence-corrected chi connectivity index (χ4v) is 2.31. The molecule has 0 aromatic rings. The molecule has 2 aliphatic rings. The number of carbonyl (C=O) groups excluding carboxylic acids is 2. The van der Waals surface area contributed by atoms with Gasteiger partial charge in [0.15, 0.2) is 6.10 Å². The summed E-state index contributed by atoms with van der Waals surface area (Å²) in [6.07, 6.45) is 0.819. The van der Waals surface area contributed by atoms with Crippen LogP contribution in [0.2, 0.25) is 0 Å². The summed E-state index contributed by atoms with van der Waals surface area (Å²) in [5.41, 5.74) is -1.16. The van der Waals surface area contributed by atoms with Gasteiger partial charge in [0.1, 0.15) is 5.54 Å². The lowest BCUT2D eigenvalue weighted by Crippen LogP contribution is -2.63. The predicted molar refractivity (Wildman–Crippen MR) is 66.1 cm³/mol. The maximum Gasteiger partial charge on any atom is 0.336 e. The van der Waals surface area contributed by atoms with Gasteiger partial charge in [-0.05, 0) is 19.3 Å². The number of ether oxygens (including phenoxy) is 2. The van der Waals surface area contributed by atoms with Crippen LogP contribution in [0.15, 0.2) is 0 Å². The van der Waals surface area contributed by atoms with Gasteiger partial charge in [-0.2, -0.15) is 0 Å². The second-order valence-electron chi connectivity index (χ2n) is 5.00. The molecule has 20 heavy (non-hydrogen) atoms. The highest BCUT2D eigenvalue weighted by atomic mass is 16.6. The molecule has 1 atom stereocenters. The van der Waals surface area contributed by atoms with Crippen molar-refractivity contribution in [3.63, 3.8) is 0 Å². The van der Waals surface area contributed by atoms with Gasteiger partial charge in [0.25, 0.3) is 0 Å². The van der Waals surface area contributed by atoms with E-state index in [9.17, 15) is 19.5 Å². The van der Waals surface area contributed by atoms with Crippen LogP contribution in [0.1, 0.15) is 19.3 Å². The van der Waals surface area contributed by atoms with E-state index in [1.54, 1.807) is 0 Å². The molecule has 1 aliphatic carbocycles. The van der Waals surface area contributed by atoms with Gasteiger partial charge < -0.3 is 24.8 Å². The summed E-state index contributed by atoms with van der Waals surface area (Å²) < 4.78 is 9.79. The zero-order valence-electron chi connectivity index (χ0n) is 11.3. The summed E-state index contributed by atoms with van der Waals surface area (Å²) in [5.74, 6) is -1.56. The largest absolute Gasteiger partial charge is 0.480 e. The van der Waals surface area contributed by atoms with E-state index in [0.717, 1.165) is 6.42 Å². The topological polar surface area (TPSA) is 105 Å². The van der Waals surface area contributed by atoms with E-state index in [4.69, 9.17) is 4.74 Å². The van der Waals surface area contributed by atoms with Crippen LogP contribution in [0.5, 0.6) is 0 Å². The lowest BCUT2D eigenvalue weighted by atomic mass is 9.77. The normalized spacial score (nSPS) is 24.4. The van der Waals surface area contributed by atoms with E-state index in [1.807, 2.05) is 0 Å². The van der Waals surface area contributed by atoms with E-state index in [2.05, 4.69) is 10.1 Å². The van der Waals surface area contributed by atoms with Crippen LogP contribution >= 0.6 is 0 Å². The first-order valence-corrected chi connectivity index (χ1v) is 6.48. The number of hydrogen-bond donors (Lipinski definition) is 2. The highest BCUT2D eigenvalue weighted by molar-refractivity contribution is 5.87. The van der Waals surface area contributed by atoms with E-state index in [-0.39, 0.29) is 13.2 Å². The minimum Gasteiger partial charge on any atom is -0.480 e. The number of hydrogen-bond acceptors (Lipinski definition) is 5. The van der Waals surface area contributed by atoms with Gasteiger partial charge in [0.2, 0.25) is 0 Å². The Morgan fingerprint density at radius 2 is 2.10 bits per heavy atom. The third-order valence-electron chi connectivity index (χ3n) is 3.78. The van der Waals surface area contributed by atoms with Gasteiger partial charge in [-0.3, -0.25) is 0 Å². The van der Waals surface area contributed by atoms with Crippen LogP contribution in [-0.4, -0.2) is 66.4 Å². The Kier molecular flexibility index (Phi) is 4.12. The third-order valence-corrected chi connectivity index (χ3v) is 3.78. The van der Waals surface area contributed by atoms with Crippen molar-refractivity contribution in [2.45, 2.75) is 30.9 Å². The number of rotatable bonds is 3. The van der Waals surface area contributed by atoms with Gasteiger partial charge in [-0.25, -0.2) is 14.4 Å². The standard InChI is InChI=1S/C12H18N2O6/c1-19-9(15)8-7-14(5-6-20-8)11(18)13-12(10(16)17)3-2-4-12/h8H,2-7H2,1H3,(H,13,18)(H,16,17). The number of carboxylic acid groups (broad SMARTS) is 1. The quantitative estimate of drug-likeness (QED) is 0.682. The van der Waals surface area contributed by atoms with Crippen molar-refractivity contribution in [2.75, 3.05) is 26.8 Å². The van der Waals surface area contributed by atoms with Crippen molar-refractivity contribution in [1.82, 2.24) is 10.2 Å². The van der Waals surface area contributed by atoms with Crippen molar-refractivity contribution in [2.24, 2.45) is 0 Å². The third kappa shape index (κ3) is 2.69. The predicted octanol–water partition coefficient (Wildman–Crippen LogP) is -0.423. The number of esters is 1. The first-order chi connectivity index (χ1) is 9.48. The molecule has 0 aromatic heterocycles. The Balaban J connectivity index is 1.95. The number of carboxylic acids is 1. The van der Waals surface area contributed by atoms with Crippen LogP contribution < -0.4 is 5.32 Å². The summed E-state index contributed by atoms with van der Waals surface area (Å²) in [6.45, 7) is 0.594. The lowest BCUT2D eigenvalue weighted by Gasteiger charge is -2.40. The summed E-state index contributed by atoms with van der Waals surface area (Å²) in [6, 6.07) is -0.482. The second-order valence-corrected chi connectivity index (χ2v) is 5.00. The molecule has 0 aromatic carbocycles. The van der Waals surface area contributed by atoms with E-state index in [0.29, 0.717) is 19.4 Å². The Morgan fingerprint density at radius 1 is 1.40 bits per heavy atom. The molecule has 0 spiro atoms. The van der Waals surface area contributed by atoms with Crippen molar-refractivity contribution < 1.29 is 29.0 Å². The Hall–Kier alpha value is -1.83. The molecule has 2 rings (SSSR count). The molecule has 1 unspecified atom stereocenters. The lowest BCUT2D eigenvalue weighted by molar-refractivity contribution is -0.158. The number of nitrogens with zero attached hydrogens (tertiary/aromatic N) is 1. The smallest absolute Gasteiger partial charge is 0.336 e. The molecule has 0 bridgehead atoms. The first-order valence-electron chi connectivity index (χ1n) is 6.48. The monoisotopic (exact) mass is 286 g/mol. The van der Waals surface area contributed by atoms with Crippen LogP contribution in [0.25, 0.3) is 0 Å². The highest BCUT2D eigenvalue weighted by Crippen LogP contribution is 2.32. The molecular weight excluding hydrogens is 268 g/mol. The first kappa shape index (κ1) is 14.6. The average Bonchev–Trinajstić information content (AvgIpc) is 2.41. The number of nitrogens with one attached hydrogen (secondary N) is 1. The number of methoxy groups -OCH3 is 1. The van der Waals surface area contributed by atoms with Crippen LogP contribution in [-0.2, 0) is 19.1 Å². The van der Waals surface area contributed by atoms with Gasteiger partial charge in [0, 0.05) is 6.54 Å². The van der Waals surface area contributed by atoms with Gasteiger partial charge >= 0.3 is 18.0 Å². The van der Waals surface area contributed by atoms with E-state index < -0.39 is 29.6 Å². The molecule has 2 N–H and O–H groups in total. The Bertz CT molecular complexity index is 420. The average molecular weight is 286 g/mol. The van der Waals surface area contributed by atoms with Crippen molar-refractivity contribution in [3.05, 3.63) is 0 Å². The van der Waals surface area contributed by atoms with Crippen molar-refractivity contribution in [1.29, 1.82) is 0 Å². The van der Waals surface area contributed by atoms with Crippen LogP contribution in [0, 0.1) is 0 Å². The molecule has 1 heterocycles. The number of amides is 2. The fourth-order valence-electron chi connectivity index (χ4n) is 2.31. The van der Waals surface area contributed by atoms with Gasteiger partial charge in [-0.15, -0.1) is 0 Å². The minimum atomic E-state index is -1.16. The molecule has 1 saturated carbocycles. The number of aliphatic carboxylic acids is 1. The van der Waals surface area contributed by atoms with E-state index >= 15 is 0 Å². The molecule has 1 aliphatic heterocycles. The zero-order valence-corrected chi connectivity index (χ0v) is 11.3. The van der Waals surface area contributed by atoms with Gasteiger partial charge in [0.05, 0.1) is 20.3 Å². The Labute approximate surface area is 116 Å². The second kappa shape index (κ2) is 5.66. The van der Waals surface area contributed by atoms with E-state index in [1.165, 1.54) is 12.0 Å². The minimum absolute atomic E-state index is 0.0637. The maximum absolute atomic E-state index is 12.1. The Morgan fingerprint density at radius 3 is 2.60 bits per heavy atom. The van der Waals surface area contributed by atoms with Crippen molar-refractivity contribution >= 4 is 18.0 Å². The summed E-state index contributed by atoms with van der Waals surface area (Å²) >= 11 is 0. The number of carbonyl (C=O) groups is 3.